The number of para-hydroxylation sites is 2. The summed E-state index contributed by atoms with van der Waals surface area (Å²) in [6.07, 6.45) is 4.14. The van der Waals surface area contributed by atoms with Crippen molar-refractivity contribution >= 4 is 49.1 Å². The van der Waals surface area contributed by atoms with Gasteiger partial charge in [0.2, 0.25) is 0 Å². The van der Waals surface area contributed by atoms with E-state index in [1.54, 1.807) is 0 Å². The second kappa shape index (κ2) is 10.0. The van der Waals surface area contributed by atoms with Crippen LogP contribution in [-0.2, 0) is 0 Å². The van der Waals surface area contributed by atoms with Crippen molar-refractivity contribution in [2.45, 2.75) is 0 Å². The summed E-state index contributed by atoms with van der Waals surface area (Å²) in [6, 6.07) is 53.7. The standard InChI is InChI=1S/C42H27N5/c1-2-12-30(13-3-1)45-27-25-37-38(45)24-23-35-34-15-6-7-18-39(34)47(40(35)37)31-21-19-29(20-22-31)41-43-42-36(17-9-26-46(42)44-41)33-16-8-11-28-10-4-5-14-32(28)33/h1-27H. The van der Waals surface area contributed by atoms with Gasteiger partial charge < -0.3 is 9.13 Å². The van der Waals surface area contributed by atoms with Gasteiger partial charge in [-0.05, 0) is 83.1 Å². The largest absolute Gasteiger partial charge is 0.316 e. The summed E-state index contributed by atoms with van der Waals surface area (Å²) >= 11 is 0. The third-order valence-corrected chi connectivity index (χ3v) is 9.36. The Bertz CT molecular complexity index is 2780. The highest BCUT2D eigenvalue weighted by Gasteiger charge is 2.18. The summed E-state index contributed by atoms with van der Waals surface area (Å²) in [5.41, 5.74) is 9.85. The third-order valence-electron chi connectivity index (χ3n) is 9.36. The monoisotopic (exact) mass is 601 g/mol. The molecule has 10 aromatic rings. The fraction of sp³-hybridized carbons (Fsp3) is 0. The predicted octanol–water partition coefficient (Wildman–Crippen LogP) is 10.3. The van der Waals surface area contributed by atoms with Gasteiger partial charge in [0.05, 0.1) is 16.6 Å². The van der Waals surface area contributed by atoms with Gasteiger partial charge in [0, 0.05) is 51.1 Å². The van der Waals surface area contributed by atoms with Crippen LogP contribution in [0, 0.1) is 0 Å². The van der Waals surface area contributed by atoms with E-state index in [1.165, 1.54) is 43.5 Å². The Balaban J connectivity index is 1.11. The molecule has 0 bridgehead atoms. The van der Waals surface area contributed by atoms with Crippen molar-refractivity contribution in [1.82, 2.24) is 23.7 Å². The summed E-state index contributed by atoms with van der Waals surface area (Å²) in [7, 11) is 0. The molecular weight excluding hydrogens is 574 g/mol. The van der Waals surface area contributed by atoms with Crippen LogP contribution in [-0.4, -0.2) is 23.7 Å². The van der Waals surface area contributed by atoms with E-state index >= 15 is 0 Å². The molecule has 0 spiro atoms. The quantitative estimate of drug-likeness (QED) is 0.201. The van der Waals surface area contributed by atoms with Gasteiger partial charge in [-0.25, -0.2) is 9.50 Å². The van der Waals surface area contributed by atoms with E-state index in [9.17, 15) is 0 Å². The van der Waals surface area contributed by atoms with Crippen molar-refractivity contribution in [2.75, 3.05) is 0 Å². The second-order valence-corrected chi connectivity index (χ2v) is 12.0. The van der Waals surface area contributed by atoms with E-state index in [0.29, 0.717) is 5.82 Å². The molecule has 5 heteroatoms. The number of rotatable bonds is 4. The van der Waals surface area contributed by atoms with E-state index in [2.05, 4.69) is 161 Å². The van der Waals surface area contributed by atoms with Crippen LogP contribution in [0.1, 0.15) is 0 Å². The minimum absolute atomic E-state index is 0.703. The molecule has 6 aromatic carbocycles. The van der Waals surface area contributed by atoms with Crippen LogP contribution in [0.2, 0.25) is 0 Å². The third kappa shape index (κ3) is 3.90. The number of nitrogens with zero attached hydrogens (tertiary/aromatic N) is 5. The van der Waals surface area contributed by atoms with Crippen LogP contribution < -0.4 is 0 Å². The molecule has 0 aliphatic carbocycles. The van der Waals surface area contributed by atoms with Gasteiger partial charge in [0.25, 0.3) is 0 Å². The average molecular weight is 602 g/mol. The molecule has 220 valence electrons. The first kappa shape index (κ1) is 25.8. The molecule has 0 saturated heterocycles. The number of fused-ring (bicyclic) bond motifs is 7. The minimum Gasteiger partial charge on any atom is -0.316 e. The van der Waals surface area contributed by atoms with E-state index < -0.39 is 0 Å². The molecule has 0 aliphatic rings. The highest BCUT2D eigenvalue weighted by molar-refractivity contribution is 6.18. The van der Waals surface area contributed by atoms with Crippen LogP contribution >= 0.6 is 0 Å². The van der Waals surface area contributed by atoms with Crippen LogP contribution in [0.15, 0.2) is 164 Å². The van der Waals surface area contributed by atoms with Crippen LogP contribution in [0.25, 0.3) is 83.0 Å². The number of pyridine rings is 1. The zero-order chi connectivity index (χ0) is 30.9. The molecule has 10 rings (SSSR count). The molecule has 4 heterocycles. The summed E-state index contributed by atoms with van der Waals surface area (Å²) < 4.78 is 6.55. The van der Waals surface area contributed by atoms with E-state index in [0.717, 1.165) is 33.7 Å². The Labute approximate surface area is 270 Å². The highest BCUT2D eigenvalue weighted by Crippen LogP contribution is 2.38. The van der Waals surface area contributed by atoms with Crippen LogP contribution in [0.5, 0.6) is 0 Å². The molecule has 0 fully saturated rings. The van der Waals surface area contributed by atoms with E-state index in [-0.39, 0.29) is 0 Å². The molecule has 0 aliphatic heterocycles. The van der Waals surface area contributed by atoms with Gasteiger partial charge in [0.1, 0.15) is 0 Å². The number of aromatic nitrogens is 5. The first-order valence-corrected chi connectivity index (χ1v) is 15.8. The molecule has 0 atom stereocenters. The van der Waals surface area contributed by atoms with Gasteiger partial charge in [0.15, 0.2) is 11.5 Å². The summed E-state index contributed by atoms with van der Waals surface area (Å²) in [5.74, 6) is 0.703. The zero-order valence-corrected chi connectivity index (χ0v) is 25.3. The first-order valence-electron chi connectivity index (χ1n) is 15.8. The summed E-state index contributed by atoms with van der Waals surface area (Å²) in [4.78, 5) is 5.07. The SMILES string of the molecule is c1ccc(-n2ccc3c2ccc2c4ccccc4n(-c4ccc(-c5nc6c(-c7cccc8ccccc78)cccn6n5)cc4)c23)cc1. The maximum Gasteiger partial charge on any atom is 0.182 e. The molecule has 0 saturated carbocycles. The number of benzene rings is 6. The van der Waals surface area contributed by atoms with Gasteiger partial charge in [-0.1, -0.05) is 84.9 Å². The van der Waals surface area contributed by atoms with Gasteiger partial charge >= 0.3 is 0 Å². The van der Waals surface area contributed by atoms with Crippen molar-refractivity contribution in [3.8, 4) is 33.9 Å². The lowest BCUT2D eigenvalue weighted by Gasteiger charge is -2.10. The fourth-order valence-corrected chi connectivity index (χ4v) is 7.22. The van der Waals surface area contributed by atoms with Gasteiger partial charge in [-0.3, -0.25) is 0 Å². The Kier molecular flexibility index (Phi) is 5.51. The van der Waals surface area contributed by atoms with E-state index in [1.807, 2.05) is 16.8 Å². The number of hydrogen-bond donors (Lipinski definition) is 0. The maximum atomic E-state index is 5.07. The Morgan fingerprint density at radius 1 is 0.447 bits per heavy atom. The van der Waals surface area contributed by atoms with Gasteiger partial charge in [-0.2, -0.15) is 0 Å². The lowest BCUT2D eigenvalue weighted by Crippen LogP contribution is -1.95. The maximum absolute atomic E-state index is 5.07. The van der Waals surface area contributed by atoms with Crippen LogP contribution in [0.4, 0.5) is 0 Å². The van der Waals surface area contributed by atoms with E-state index in [4.69, 9.17) is 10.1 Å². The molecule has 0 unspecified atom stereocenters. The molecular formula is C42H27N5. The Morgan fingerprint density at radius 3 is 2.11 bits per heavy atom. The minimum atomic E-state index is 0.703. The smallest absolute Gasteiger partial charge is 0.182 e. The predicted molar refractivity (Wildman–Crippen MR) is 193 cm³/mol. The van der Waals surface area contributed by atoms with Crippen LogP contribution in [0.3, 0.4) is 0 Å². The molecule has 0 radical (unpaired) electrons. The summed E-state index contributed by atoms with van der Waals surface area (Å²) in [6.45, 7) is 0. The summed E-state index contributed by atoms with van der Waals surface area (Å²) in [5, 5.41) is 11.0. The lowest BCUT2D eigenvalue weighted by molar-refractivity contribution is 0.966. The van der Waals surface area contributed by atoms with Crippen molar-refractivity contribution in [2.24, 2.45) is 0 Å². The normalized spacial score (nSPS) is 11.8. The van der Waals surface area contributed by atoms with Crippen molar-refractivity contribution in [1.29, 1.82) is 0 Å². The fourth-order valence-electron chi connectivity index (χ4n) is 7.22. The molecule has 0 amide bonds. The van der Waals surface area contributed by atoms with Crippen molar-refractivity contribution in [3.63, 3.8) is 0 Å². The zero-order valence-electron chi connectivity index (χ0n) is 25.3. The molecule has 47 heavy (non-hydrogen) atoms. The lowest BCUT2D eigenvalue weighted by atomic mass is 9.99. The molecule has 4 aromatic heterocycles. The Morgan fingerprint density at radius 2 is 1.21 bits per heavy atom. The van der Waals surface area contributed by atoms with Crippen molar-refractivity contribution < 1.29 is 0 Å². The number of hydrogen-bond acceptors (Lipinski definition) is 2. The Hall–Kier alpha value is -6.46. The van der Waals surface area contributed by atoms with Crippen molar-refractivity contribution in [3.05, 3.63) is 164 Å². The first-order chi connectivity index (χ1) is 23.3. The second-order valence-electron chi connectivity index (χ2n) is 12.0. The molecule has 0 N–H and O–H groups in total. The topological polar surface area (TPSA) is 40.0 Å². The van der Waals surface area contributed by atoms with Gasteiger partial charge in [-0.15, -0.1) is 5.10 Å². The average Bonchev–Trinajstić information content (AvgIpc) is 3.86. The highest BCUT2D eigenvalue weighted by atomic mass is 15.3. The molecule has 5 nitrogen and oxygen atoms in total.